The number of hydrogen-bond donors (Lipinski definition) is 3. The maximum absolute atomic E-state index is 11.9. The van der Waals surface area contributed by atoms with Gasteiger partial charge in [-0.2, -0.15) is 0 Å². The van der Waals surface area contributed by atoms with Crippen molar-refractivity contribution in [2.75, 3.05) is 0 Å². The Morgan fingerprint density at radius 1 is 1.17 bits per heavy atom. The summed E-state index contributed by atoms with van der Waals surface area (Å²) in [6.07, 6.45) is 4.78. The summed E-state index contributed by atoms with van der Waals surface area (Å²) in [4.78, 5) is 11.9. The van der Waals surface area contributed by atoms with Crippen LogP contribution in [0, 0.1) is 28.6 Å². The zero-order valence-electron chi connectivity index (χ0n) is 14.0. The van der Waals surface area contributed by atoms with Crippen molar-refractivity contribution in [1.82, 2.24) is 0 Å². The molecule has 0 amide bonds. The van der Waals surface area contributed by atoms with Gasteiger partial charge in [-0.3, -0.25) is 4.79 Å². The van der Waals surface area contributed by atoms with Gasteiger partial charge in [0, 0.05) is 6.42 Å². The van der Waals surface area contributed by atoms with Crippen molar-refractivity contribution in [3.63, 3.8) is 0 Å². The molecule has 0 heterocycles. The van der Waals surface area contributed by atoms with Gasteiger partial charge in [0.2, 0.25) is 0 Å². The van der Waals surface area contributed by atoms with Crippen LogP contribution in [-0.2, 0) is 4.79 Å². The highest BCUT2D eigenvalue weighted by molar-refractivity contribution is 5.95. The van der Waals surface area contributed by atoms with E-state index < -0.39 is 18.3 Å². The number of rotatable bonds is 0. The van der Waals surface area contributed by atoms with E-state index in [1.807, 2.05) is 0 Å². The molecular weight excluding hydrogens is 292 g/mol. The van der Waals surface area contributed by atoms with Gasteiger partial charge in [0.25, 0.3) is 0 Å². The van der Waals surface area contributed by atoms with Gasteiger partial charge in [-0.05, 0) is 66.8 Å². The molecule has 4 aliphatic carbocycles. The SMILES string of the molecule is C[C@]12CC(O)C(=O)C=C1CC[C@@H]1[C@@H]2CC[C@]2(C)C(O)CC(O)[C@@H]12. The van der Waals surface area contributed by atoms with E-state index in [0.29, 0.717) is 24.7 Å². The lowest BCUT2D eigenvalue weighted by Gasteiger charge is -2.58. The molecule has 8 atom stereocenters. The third kappa shape index (κ3) is 1.98. The molecule has 0 saturated heterocycles. The lowest BCUT2D eigenvalue weighted by atomic mass is 9.47. The van der Waals surface area contributed by atoms with Gasteiger partial charge in [-0.25, -0.2) is 0 Å². The highest BCUT2D eigenvalue weighted by atomic mass is 16.3. The molecule has 128 valence electrons. The van der Waals surface area contributed by atoms with Crippen molar-refractivity contribution in [2.24, 2.45) is 28.6 Å². The minimum absolute atomic E-state index is 0.134. The monoisotopic (exact) mass is 320 g/mol. The van der Waals surface area contributed by atoms with E-state index in [1.165, 1.54) is 5.57 Å². The largest absolute Gasteiger partial charge is 0.393 e. The standard InChI is InChI=1S/C19H28O4/c1-18-6-5-12-11(17(18)14(21)8-16(18)23)4-3-10-7-13(20)15(22)9-19(10,12)2/h7,11-12,14-17,21-23H,3-6,8-9H2,1-2H3/t11-,12+,14?,15?,16?,17-,18-,19+/m1/s1. The third-order valence-electron chi connectivity index (χ3n) is 7.94. The average molecular weight is 320 g/mol. The Morgan fingerprint density at radius 2 is 1.91 bits per heavy atom. The molecule has 23 heavy (non-hydrogen) atoms. The topological polar surface area (TPSA) is 77.8 Å². The number of fused-ring (bicyclic) bond motifs is 5. The van der Waals surface area contributed by atoms with Crippen molar-refractivity contribution in [2.45, 2.75) is 70.7 Å². The quantitative estimate of drug-likeness (QED) is 0.636. The van der Waals surface area contributed by atoms with Crippen molar-refractivity contribution < 1.29 is 20.1 Å². The molecule has 0 aliphatic heterocycles. The maximum atomic E-state index is 11.9. The zero-order valence-corrected chi connectivity index (χ0v) is 14.0. The van der Waals surface area contributed by atoms with E-state index in [2.05, 4.69) is 13.8 Å². The van der Waals surface area contributed by atoms with Crippen LogP contribution in [0.1, 0.15) is 52.4 Å². The van der Waals surface area contributed by atoms with Gasteiger partial charge in [-0.1, -0.05) is 19.4 Å². The predicted octanol–water partition coefficient (Wildman–Crippen LogP) is 1.82. The van der Waals surface area contributed by atoms with Gasteiger partial charge < -0.3 is 15.3 Å². The van der Waals surface area contributed by atoms with Crippen LogP contribution in [0.5, 0.6) is 0 Å². The van der Waals surface area contributed by atoms with Crippen LogP contribution in [0.3, 0.4) is 0 Å². The molecule has 0 bridgehead atoms. The van der Waals surface area contributed by atoms with Gasteiger partial charge in [0.1, 0.15) is 6.10 Å². The molecule has 0 radical (unpaired) electrons. The Balaban J connectivity index is 1.72. The summed E-state index contributed by atoms with van der Waals surface area (Å²) in [6, 6.07) is 0. The zero-order chi connectivity index (χ0) is 16.6. The highest BCUT2D eigenvalue weighted by Gasteiger charge is 2.62. The molecule has 0 aromatic rings. The summed E-state index contributed by atoms with van der Waals surface area (Å²) in [5.74, 6) is 0.768. The summed E-state index contributed by atoms with van der Waals surface area (Å²) in [5.41, 5.74) is 0.886. The summed E-state index contributed by atoms with van der Waals surface area (Å²) < 4.78 is 0. The molecular formula is C19H28O4. The second-order valence-electron chi connectivity index (χ2n) is 8.91. The smallest absolute Gasteiger partial charge is 0.184 e. The fourth-order valence-corrected chi connectivity index (χ4v) is 6.65. The van der Waals surface area contributed by atoms with Gasteiger partial charge in [0.15, 0.2) is 5.78 Å². The molecule has 3 unspecified atom stereocenters. The number of carbonyl (C=O) groups is 1. The lowest BCUT2D eigenvalue weighted by molar-refractivity contribution is -0.130. The minimum Gasteiger partial charge on any atom is -0.393 e. The van der Waals surface area contributed by atoms with Gasteiger partial charge in [0.05, 0.1) is 12.2 Å². The Hall–Kier alpha value is -0.710. The van der Waals surface area contributed by atoms with Crippen molar-refractivity contribution >= 4 is 5.78 Å². The van der Waals surface area contributed by atoms with Crippen LogP contribution < -0.4 is 0 Å². The van der Waals surface area contributed by atoms with E-state index >= 15 is 0 Å². The number of allylic oxidation sites excluding steroid dienone is 1. The lowest BCUT2D eigenvalue weighted by Crippen LogP contribution is -2.54. The first-order valence-corrected chi connectivity index (χ1v) is 9.06. The van der Waals surface area contributed by atoms with Crippen LogP contribution in [0.25, 0.3) is 0 Å². The Morgan fingerprint density at radius 3 is 2.65 bits per heavy atom. The summed E-state index contributed by atoms with van der Waals surface area (Å²) >= 11 is 0. The number of hydrogen-bond acceptors (Lipinski definition) is 4. The van der Waals surface area contributed by atoms with Crippen LogP contribution in [0.2, 0.25) is 0 Å². The number of aliphatic hydroxyl groups excluding tert-OH is 3. The first kappa shape index (κ1) is 15.8. The minimum atomic E-state index is -0.880. The van der Waals surface area contributed by atoms with Crippen molar-refractivity contribution in [3.05, 3.63) is 11.6 Å². The van der Waals surface area contributed by atoms with Gasteiger partial charge in [-0.15, -0.1) is 0 Å². The molecule has 0 aromatic carbocycles. The van der Waals surface area contributed by atoms with Crippen LogP contribution in [0.4, 0.5) is 0 Å². The Kier molecular flexibility index (Phi) is 3.37. The van der Waals surface area contributed by atoms with Gasteiger partial charge >= 0.3 is 0 Å². The van der Waals surface area contributed by atoms with Crippen LogP contribution in [0.15, 0.2) is 11.6 Å². The second kappa shape index (κ2) is 4.90. The number of carbonyl (C=O) groups excluding carboxylic acids is 1. The fraction of sp³-hybridized carbons (Fsp3) is 0.842. The highest BCUT2D eigenvalue weighted by Crippen LogP contribution is 2.65. The molecule has 4 aliphatic rings. The molecule has 4 nitrogen and oxygen atoms in total. The molecule has 4 heteroatoms. The summed E-state index contributed by atoms with van der Waals surface area (Å²) in [5, 5.41) is 31.2. The normalized spacial score (nSPS) is 55.7. The molecule has 0 aromatic heterocycles. The number of ketones is 1. The first-order chi connectivity index (χ1) is 10.8. The molecule has 4 rings (SSSR count). The molecule has 3 fully saturated rings. The summed E-state index contributed by atoms with van der Waals surface area (Å²) in [6.45, 7) is 4.34. The van der Waals surface area contributed by atoms with Crippen molar-refractivity contribution in [1.29, 1.82) is 0 Å². The van der Waals surface area contributed by atoms with E-state index in [4.69, 9.17) is 0 Å². The first-order valence-electron chi connectivity index (χ1n) is 9.06. The maximum Gasteiger partial charge on any atom is 0.184 e. The molecule has 0 spiro atoms. The van der Waals surface area contributed by atoms with E-state index in [-0.39, 0.29) is 22.5 Å². The van der Waals surface area contributed by atoms with E-state index in [9.17, 15) is 20.1 Å². The van der Waals surface area contributed by atoms with E-state index in [0.717, 1.165) is 25.7 Å². The Bertz CT molecular complexity index is 570. The third-order valence-corrected chi connectivity index (χ3v) is 7.94. The fourth-order valence-electron chi connectivity index (χ4n) is 6.65. The second-order valence-corrected chi connectivity index (χ2v) is 8.91. The Labute approximate surface area is 137 Å². The molecule has 3 saturated carbocycles. The number of aliphatic hydroxyl groups is 3. The van der Waals surface area contributed by atoms with Crippen LogP contribution in [-0.4, -0.2) is 39.4 Å². The van der Waals surface area contributed by atoms with Crippen molar-refractivity contribution in [3.8, 4) is 0 Å². The predicted molar refractivity (Wildman–Crippen MR) is 85.5 cm³/mol. The average Bonchev–Trinajstić information content (AvgIpc) is 2.71. The molecule has 3 N–H and O–H groups in total. The summed E-state index contributed by atoms with van der Waals surface area (Å²) in [7, 11) is 0. The van der Waals surface area contributed by atoms with Crippen LogP contribution >= 0.6 is 0 Å². The van der Waals surface area contributed by atoms with E-state index in [1.54, 1.807) is 6.08 Å².